The molecular formula is C6H12O7. The Labute approximate surface area is 73.4 Å². The molecule has 0 aliphatic carbocycles. The van der Waals surface area contributed by atoms with Gasteiger partial charge < -0.3 is 35.4 Å². The van der Waals surface area contributed by atoms with E-state index in [1.807, 2.05) is 0 Å². The summed E-state index contributed by atoms with van der Waals surface area (Å²) in [5.41, 5.74) is 0. The molecule has 78 valence electrons. The second kappa shape index (κ2) is 3.46. The fourth-order valence-electron chi connectivity index (χ4n) is 1.14. The van der Waals surface area contributed by atoms with Crippen molar-refractivity contribution in [2.45, 2.75) is 30.4 Å². The minimum atomic E-state index is -2.95. The molecule has 0 aromatic rings. The van der Waals surface area contributed by atoms with Crippen LogP contribution in [-0.4, -0.2) is 67.6 Å². The van der Waals surface area contributed by atoms with E-state index in [0.29, 0.717) is 0 Å². The van der Waals surface area contributed by atoms with Gasteiger partial charge in [-0.25, -0.2) is 0 Å². The summed E-state index contributed by atoms with van der Waals surface area (Å²) in [7, 11) is 0. The van der Waals surface area contributed by atoms with Crippen LogP contribution in [0.25, 0.3) is 0 Å². The lowest BCUT2D eigenvalue weighted by molar-refractivity contribution is -0.435. The van der Waals surface area contributed by atoms with Crippen LogP contribution in [0, 0.1) is 0 Å². The van der Waals surface area contributed by atoms with Gasteiger partial charge in [-0.3, -0.25) is 0 Å². The highest BCUT2D eigenvalue weighted by Crippen LogP contribution is 2.25. The van der Waals surface area contributed by atoms with E-state index in [0.717, 1.165) is 0 Å². The molecule has 0 aromatic heterocycles. The molecule has 4 atom stereocenters. The minimum absolute atomic E-state index is 0.701. The van der Waals surface area contributed by atoms with Crippen molar-refractivity contribution >= 4 is 0 Å². The smallest absolute Gasteiger partial charge is 0.308 e. The quantitative estimate of drug-likeness (QED) is 0.236. The Hall–Kier alpha value is -0.280. The Morgan fingerprint density at radius 2 is 1.62 bits per heavy atom. The molecule has 0 unspecified atom stereocenters. The van der Waals surface area contributed by atoms with Crippen LogP contribution in [-0.2, 0) is 4.74 Å². The van der Waals surface area contributed by atoms with E-state index in [4.69, 9.17) is 30.6 Å². The molecule has 1 heterocycles. The summed E-state index contributed by atoms with van der Waals surface area (Å²) in [4.78, 5) is 0. The first kappa shape index (κ1) is 10.8. The van der Waals surface area contributed by atoms with Crippen LogP contribution in [0.15, 0.2) is 0 Å². The molecule has 7 nitrogen and oxygen atoms in total. The van der Waals surface area contributed by atoms with E-state index >= 15 is 0 Å². The third kappa shape index (κ3) is 1.81. The lowest BCUT2D eigenvalue weighted by atomic mass is 9.98. The average molecular weight is 196 g/mol. The molecule has 0 radical (unpaired) electrons. The topological polar surface area (TPSA) is 131 Å². The van der Waals surface area contributed by atoms with Crippen LogP contribution in [0.2, 0.25) is 0 Å². The zero-order valence-corrected chi connectivity index (χ0v) is 6.61. The molecule has 1 aliphatic heterocycles. The maximum absolute atomic E-state index is 9.12. The molecular weight excluding hydrogens is 184 g/mol. The highest BCUT2D eigenvalue weighted by molar-refractivity contribution is 4.90. The first-order valence-electron chi connectivity index (χ1n) is 3.67. The van der Waals surface area contributed by atoms with Crippen molar-refractivity contribution in [3.63, 3.8) is 0 Å². The summed E-state index contributed by atoms with van der Waals surface area (Å²) < 4.78 is 4.32. The van der Waals surface area contributed by atoms with Crippen LogP contribution >= 0.6 is 0 Å². The molecule has 0 saturated carbocycles. The number of ether oxygens (including phenoxy) is 1. The summed E-state index contributed by atoms with van der Waals surface area (Å²) >= 11 is 0. The predicted octanol–water partition coefficient (Wildman–Crippen LogP) is -3.90. The Morgan fingerprint density at radius 3 is 2.08 bits per heavy atom. The van der Waals surface area contributed by atoms with Crippen LogP contribution in [0.1, 0.15) is 0 Å². The van der Waals surface area contributed by atoms with Gasteiger partial charge >= 0.3 is 5.97 Å². The number of hydrogen-bond acceptors (Lipinski definition) is 7. The predicted molar refractivity (Wildman–Crippen MR) is 37.1 cm³/mol. The molecule has 0 bridgehead atoms. The van der Waals surface area contributed by atoms with Crippen molar-refractivity contribution < 1.29 is 35.4 Å². The zero-order chi connectivity index (χ0) is 10.2. The van der Waals surface area contributed by atoms with Gasteiger partial charge in [0.2, 0.25) is 0 Å². The van der Waals surface area contributed by atoms with E-state index in [1.54, 1.807) is 0 Å². The Balaban J connectivity index is 2.79. The maximum Gasteiger partial charge on any atom is 0.308 e. The van der Waals surface area contributed by atoms with Crippen molar-refractivity contribution in [1.82, 2.24) is 0 Å². The standard InChI is InChI=1S/C6H12O7/c7-1-2-3(8)4(9)5(10)6(11,12)13-2/h2-5,7-12H,1H2/t2-,3+,4+,5-/m1/s1. The summed E-state index contributed by atoms with van der Waals surface area (Å²) in [6, 6.07) is 0. The zero-order valence-electron chi connectivity index (χ0n) is 6.61. The summed E-state index contributed by atoms with van der Waals surface area (Å²) in [6.45, 7) is -0.701. The fraction of sp³-hybridized carbons (Fsp3) is 1.00. The molecule has 13 heavy (non-hydrogen) atoms. The molecule has 1 aliphatic rings. The van der Waals surface area contributed by atoms with Gasteiger partial charge in [0.15, 0.2) is 6.10 Å². The summed E-state index contributed by atoms with van der Waals surface area (Å²) in [6.07, 6.45) is -6.72. The lowest BCUT2D eigenvalue weighted by Crippen LogP contribution is -2.65. The van der Waals surface area contributed by atoms with E-state index in [9.17, 15) is 0 Å². The van der Waals surface area contributed by atoms with Crippen molar-refractivity contribution in [2.75, 3.05) is 6.61 Å². The average Bonchev–Trinajstić information content (AvgIpc) is 2.08. The molecule has 7 heteroatoms. The SMILES string of the molecule is OC[C@H]1OC(O)(O)[C@H](O)[C@@H](O)[C@H]1O. The van der Waals surface area contributed by atoms with Crippen molar-refractivity contribution in [3.8, 4) is 0 Å². The van der Waals surface area contributed by atoms with Gasteiger partial charge in [0, 0.05) is 0 Å². The lowest BCUT2D eigenvalue weighted by Gasteiger charge is -2.41. The molecule has 0 aromatic carbocycles. The van der Waals surface area contributed by atoms with Gasteiger partial charge in [-0.05, 0) is 0 Å². The molecule has 1 rings (SSSR count). The first-order valence-corrected chi connectivity index (χ1v) is 3.67. The normalized spacial score (nSPS) is 44.8. The number of hydrogen-bond donors (Lipinski definition) is 6. The third-order valence-electron chi connectivity index (χ3n) is 1.94. The fourth-order valence-corrected chi connectivity index (χ4v) is 1.14. The minimum Gasteiger partial charge on any atom is -0.394 e. The third-order valence-corrected chi connectivity index (χ3v) is 1.94. The van der Waals surface area contributed by atoms with Gasteiger partial charge in [-0.2, -0.15) is 0 Å². The van der Waals surface area contributed by atoms with Crippen molar-refractivity contribution in [3.05, 3.63) is 0 Å². The van der Waals surface area contributed by atoms with Crippen LogP contribution in [0.4, 0.5) is 0 Å². The van der Waals surface area contributed by atoms with Gasteiger partial charge in [-0.15, -0.1) is 0 Å². The molecule has 0 spiro atoms. The highest BCUT2D eigenvalue weighted by Gasteiger charge is 2.51. The van der Waals surface area contributed by atoms with E-state index in [-0.39, 0.29) is 0 Å². The number of aliphatic hydroxyl groups is 6. The van der Waals surface area contributed by atoms with Gasteiger partial charge in [-0.1, -0.05) is 0 Å². The first-order chi connectivity index (χ1) is 5.90. The van der Waals surface area contributed by atoms with Gasteiger partial charge in [0.05, 0.1) is 6.61 Å². The van der Waals surface area contributed by atoms with Crippen LogP contribution in [0.3, 0.4) is 0 Å². The summed E-state index contributed by atoms with van der Waals surface area (Å²) in [5, 5.41) is 53.6. The van der Waals surface area contributed by atoms with Crippen molar-refractivity contribution in [1.29, 1.82) is 0 Å². The second-order valence-electron chi connectivity index (χ2n) is 2.92. The molecule has 6 N–H and O–H groups in total. The van der Waals surface area contributed by atoms with E-state index in [2.05, 4.69) is 4.74 Å². The summed E-state index contributed by atoms with van der Waals surface area (Å²) in [5.74, 6) is -2.95. The Morgan fingerprint density at radius 1 is 1.08 bits per heavy atom. The van der Waals surface area contributed by atoms with Crippen LogP contribution < -0.4 is 0 Å². The largest absolute Gasteiger partial charge is 0.394 e. The van der Waals surface area contributed by atoms with Gasteiger partial charge in [0.1, 0.15) is 18.3 Å². The Kier molecular flexibility index (Phi) is 2.88. The Bertz CT molecular complexity index is 180. The van der Waals surface area contributed by atoms with E-state index < -0.39 is 37.0 Å². The number of aliphatic hydroxyl groups excluding tert-OH is 4. The van der Waals surface area contributed by atoms with Crippen LogP contribution in [0.5, 0.6) is 0 Å². The van der Waals surface area contributed by atoms with E-state index in [1.165, 1.54) is 0 Å². The highest BCUT2D eigenvalue weighted by atomic mass is 16.8. The van der Waals surface area contributed by atoms with Gasteiger partial charge in [0.25, 0.3) is 0 Å². The molecule has 1 fully saturated rings. The monoisotopic (exact) mass is 196 g/mol. The molecule has 0 amide bonds. The molecule has 1 saturated heterocycles. The van der Waals surface area contributed by atoms with Crippen molar-refractivity contribution in [2.24, 2.45) is 0 Å². The second-order valence-corrected chi connectivity index (χ2v) is 2.92. The maximum atomic E-state index is 9.12. The number of rotatable bonds is 1.